The Kier molecular flexibility index (Phi) is 3.63. The van der Waals surface area contributed by atoms with Crippen LogP contribution in [0.4, 0.5) is 0 Å². The minimum Gasteiger partial charge on any atom is -0.342 e. The van der Waals surface area contributed by atoms with E-state index < -0.39 is 11.0 Å². The highest BCUT2D eigenvalue weighted by molar-refractivity contribution is 6.65. The number of benzene rings is 1. The average molecular weight is 215 g/mol. The lowest BCUT2D eigenvalue weighted by molar-refractivity contribution is -0.205. The molecule has 76 valence electrons. The molecule has 0 saturated heterocycles. The van der Waals surface area contributed by atoms with E-state index in [4.69, 9.17) is 21.1 Å². The lowest BCUT2D eigenvalue weighted by Crippen LogP contribution is -2.36. The molecule has 0 N–H and O–H groups in total. The highest BCUT2D eigenvalue weighted by Gasteiger charge is 2.39. The zero-order valence-corrected chi connectivity index (χ0v) is 8.75. The van der Waals surface area contributed by atoms with Gasteiger partial charge in [0.05, 0.1) is 0 Å². The number of rotatable bonds is 4. The summed E-state index contributed by atoms with van der Waals surface area (Å²) in [5.41, 5.74) is 0.574. The Morgan fingerprint density at radius 3 is 2.07 bits per heavy atom. The van der Waals surface area contributed by atoms with Gasteiger partial charge in [-0.15, -0.1) is 0 Å². The number of ether oxygens (including phenoxy) is 2. The summed E-state index contributed by atoms with van der Waals surface area (Å²) in [5, 5.41) is -0.700. The molecule has 0 aliphatic rings. The minimum atomic E-state index is -1.50. The lowest BCUT2D eigenvalue weighted by atomic mass is 10.1. The summed E-state index contributed by atoms with van der Waals surface area (Å²) in [6.45, 7) is 0. The van der Waals surface area contributed by atoms with E-state index in [1.165, 1.54) is 14.2 Å². The van der Waals surface area contributed by atoms with Gasteiger partial charge in [-0.3, -0.25) is 4.79 Å². The molecule has 0 amide bonds. The van der Waals surface area contributed by atoms with Gasteiger partial charge < -0.3 is 9.47 Å². The predicted octanol–water partition coefficient (Wildman–Crippen LogP) is 1.90. The molecule has 1 rings (SSSR count). The van der Waals surface area contributed by atoms with Gasteiger partial charge in [0.15, 0.2) is 0 Å². The van der Waals surface area contributed by atoms with Gasteiger partial charge >= 0.3 is 0 Å². The van der Waals surface area contributed by atoms with Crippen molar-refractivity contribution in [2.24, 2.45) is 0 Å². The second kappa shape index (κ2) is 4.55. The summed E-state index contributed by atoms with van der Waals surface area (Å²) in [5.74, 6) is -1.50. The van der Waals surface area contributed by atoms with Crippen molar-refractivity contribution in [3.05, 3.63) is 35.9 Å². The summed E-state index contributed by atoms with van der Waals surface area (Å²) >= 11 is 5.45. The summed E-state index contributed by atoms with van der Waals surface area (Å²) < 4.78 is 10.1. The first-order valence-electron chi connectivity index (χ1n) is 4.03. The topological polar surface area (TPSA) is 35.5 Å². The van der Waals surface area contributed by atoms with Gasteiger partial charge in [-0.25, -0.2) is 0 Å². The van der Waals surface area contributed by atoms with Crippen molar-refractivity contribution >= 4 is 16.8 Å². The van der Waals surface area contributed by atoms with Gasteiger partial charge in [0.2, 0.25) is 0 Å². The van der Waals surface area contributed by atoms with Crippen molar-refractivity contribution in [1.29, 1.82) is 0 Å². The van der Waals surface area contributed by atoms with Gasteiger partial charge in [-0.2, -0.15) is 0 Å². The second-order valence-electron chi connectivity index (χ2n) is 2.66. The number of methoxy groups -OCH3 is 2. The molecule has 0 atom stereocenters. The molecule has 0 fully saturated rings. The van der Waals surface area contributed by atoms with Crippen LogP contribution in [0.25, 0.3) is 0 Å². The normalized spacial score (nSPS) is 11.4. The van der Waals surface area contributed by atoms with Crippen molar-refractivity contribution in [2.75, 3.05) is 14.2 Å². The first-order chi connectivity index (χ1) is 6.67. The maximum absolute atomic E-state index is 11.2. The van der Waals surface area contributed by atoms with Crippen LogP contribution in [-0.4, -0.2) is 19.5 Å². The van der Waals surface area contributed by atoms with Gasteiger partial charge in [0.1, 0.15) is 0 Å². The molecule has 0 bridgehead atoms. The van der Waals surface area contributed by atoms with Crippen molar-refractivity contribution in [1.82, 2.24) is 0 Å². The zero-order chi connectivity index (χ0) is 10.6. The fraction of sp³-hybridized carbons (Fsp3) is 0.300. The molecule has 1 aromatic rings. The Balaban J connectivity index is 3.18. The highest BCUT2D eigenvalue weighted by Crippen LogP contribution is 2.28. The van der Waals surface area contributed by atoms with Crippen LogP contribution in [0.1, 0.15) is 5.56 Å². The number of carbonyl (C=O) groups is 1. The highest BCUT2D eigenvalue weighted by atomic mass is 35.5. The average Bonchev–Trinajstić information content (AvgIpc) is 2.22. The number of halogens is 1. The first kappa shape index (κ1) is 11.2. The van der Waals surface area contributed by atoms with E-state index >= 15 is 0 Å². The van der Waals surface area contributed by atoms with Gasteiger partial charge in [0.25, 0.3) is 11.0 Å². The van der Waals surface area contributed by atoms with E-state index in [1.54, 1.807) is 24.3 Å². The number of hydrogen-bond acceptors (Lipinski definition) is 3. The van der Waals surface area contributed by atoms with Crippen molar-refractivity contribution in [3.8, 4) is 0 Å². The Bertz CT molecular complexity index is 306. The van der Waals surface area contributed by atoms with Crippen LogP contribution >= 0.6 is 11.6 Å². The quantitative estimate of drug-likeness (QED) is 0.567. The maximum atomic E-state index is 11.2. The predicted molar refractivity (Wildman–Crippen MR) is 53.0 cm³/mol. The Morgan fingerprint density at radius 2 is 1.71 bits per heavy atom. The van der Waals surface area contributed by atoms with Gasteiger partial charge in [-0.05, 0) is 11.6 Å². The Labute approximate surface area is 87.6 Å². The van der Waals surface area contributed by atoms with Crippen LogP contribution in [0.5, 0.6) is 0 Å². The van der Waals surface area contributed by atoms with Crippen LogP contribution in [0.3, 0.4) is 0 Å². The standard InChI is InChI=1S/C10H11ClO3/c1-13-10(14-2,9(11)12)8-6-4-3-5-7-8/h3-7H,1-2H3. The third-order valence-corrected chi connectivity index (χ3v) is 2.24. The first-order valence-corrected chi connectivity index (χ1v) is 4.41. The second-order valence-corrected chi connectivity index (χ2v) is 3.01. The fourth-order valence-electron chi connectivity index (χ4n) is 1.25. The van der Waals surface area contributed by atoms with E-state index in [1.807, 2.05) is 6.07 Å². The molecule has 3 nitrogen and oxygen atoms in total. The van der Waals surface area contributed by atoms with Crippen molar-refractivity contribution in [2.45, 2.75) is 5.79 Å². The molecule has 0 aliphatic carbocycles. The molecule has 0 spiro atoms. The molecule has 0 heterocycles. The van der Waals surface area contributed by atoms with E-state index in [0.29, 0.717) is 5.56 Å². The molecule has 0 aromatic heterocycles. The Morgan fingerprint density at radius 1 is 1.21 bits per heavy atom. The van der Waals surface area contributed by atoms with Crippen LogP contribution in [-0.2, 0) is 20.1 Å². The Hall–Kier alpha value is -0.900. The van der Waals surface area contributed by atoms with E-state index in [-0.39, 0.29) is 0 Å². The molecular formula is C10H11ClO3. The van der Waals surface area contributed by atoms with Gasteiger partial charge in [-0.1, -0.05) is 30.3 Å². The van der Waals surface area contributed by atoms with E-state index in [9.17, 15) is 4.79 Å². The van der Waals surface area contributed by atoms with Crippen molar-refractivity contribution in [3.63, 3.8) is 0 Å². The zero-order valence-electron chi connectivity index (χ0n) is 7.99. The van der Waals surface area contributed by atoms with Crippen LogP contribution < -0.4 is 0 Å². The number of carbonyl (C=O) groups excluding carboxylic acids is 1. The van der Waals surface area contributed by atoms with Crippen LogP contribution in [0, 0.1) is 0 Å². The van der Waals surface area contributed by atoms with Crippen LogP contribution in [0.2, 0.25) is 0 Å². The maximum Gasteiger partial charge on any atom is 0.286 e. The largest absolute Gasteiger partial charge is 0.342 e. The third kappa shape index (κ3) is 1.80. The third-order valence-electron chi connectivity index (χ3n) is 1.99. The van der Waals surface area contributed by atoms with E-state index in [2.05, 4.69) is 0 Å². The molecule has 0 aliphatic heterocycles. The molecule has 4 heteroatoms. The van der Waals surface area contributed by atoms with Crippen molar-refractivity contribution < 1.29 is 14.3 Å². The summed E-state index contributed by atoms with van der Waals surface area (Å²) in [7, 11) is 2.74. The lowest BCUT2D eigenvalue weighted by Gasteiger charge is -2.26. The molecule has 0 radical (unpaired) electrons. The SMILES string of the molecule is COC(OC)(C(=O)Cl)c1ccccc1. The monoisotopic (exact) mass is 214 g/mol. The summed E-state index contributed by atoms with van der Waals surface area (Å²) in [6, 6.07) is 8.82. The fourth-order valence-corrected chi connectivity index (χ4v) is 1.51. The summed E-state index contributed by atoms with van der Waals surface area (Å²) in [6.07, 6.45) is 0. The molecular weight excluding hydrogens is 204 g/mol. The molecule has 14 heavy (non-hydrogen) atoms. The van der Waals surface area contributed by atoms with E-state index in [0.717, 1.165) is 0 Å². The smallest absolute Gasteiger partial charge is 0.286 e. The van der Waals surface area contributed by atoms with Crippen LogP contribution in [0.15, 0.2) is 30.3 Å². The van der Waals surface area contributed by atoms with Gasteiger partial charge in [0, 0.05) is 19.8 Å². The minimum absolute atomic E-state index is 0.574. The molecule has 0 unspecified atom stereocenters. The molecule has 1 aromatic carbocycles. The molecule has 0 saturated carbocycles. The summed E-state index contributed by atoms with van der Waals surface area (Å²) in [4.78, 5) is 11.2. The number of hydrogen-bond donors (Lipinski definition) is 0.